The Kier molecular flexibility index (Phi) is 5.15. The average molecular weight is 349 g/mol. The lowest BCUT2D eigenvalue weighted by Crippen LogP contribution is -2.35. The summed E-state index contributed by atoms with van der Waals surface area (Å²) in [5.74, 6) is 0.859. The number of piperidine rings is 1. The van der Waals surface area contributed by atoms with Gasteiger partial charge in [-0.15, -0.1) is 0 Å². The third-order valence-corrected chi connectivity index (χ3v) is 6.70. The van der Waals surface area contributed by atoms with Crippen molar-refractivity contribution in [2.45, 2.75) is 50.5 Å². The van der Waals surface area contributed by atoms with Crippen LogP contribution in [-0.2, 0) is 11.8 Å². The monoisotopic (exact) mass is 348 g/mol. The highest BCUT2D eigenvalue weighted by atomic mass is 15.0. The van der Waals surface area contributed by atoms with Crippen molar-refractivity contribution in [3.63, 3.8) is 0 Å². The van der Waals surface area contributed by atoms with E-state index < -0.39 is 0 Å². The van der Waals surface area contributed by atoms with E-state index in [2.05, 4.69) is 60.6 Å². The van der Waals surface area contributed by atoms with Gasteiger partial charge in [0, 0.05) is 11.5 Å². The molecule has 1 spiro atoms. The van der Waals surface area contributed by atoms with Gasteiger partial charge in [-0.05, 0) is 86.8 Å². The van der Waals surface area contributed by atoms with Crippen molar-refractivity contribution >= 4 is 5.57 Å². The van der Waals surface area contributed by atoms with Crippen LogP contribution >= 0.6 is 0 Å². The molecule has 1 saturated carbocycles. The first-order chi connectivity index (χ1) is 12.8. The van der Waals surface area contributed by atoms with Gasteiger partial charge in [0.1, 0.15) is 0 Å². The summed E-state index contributed by atoms with van der Waals surface area (Å²) >= 11 is 0. The first-order valence-corrected chi connectivity index (χ1v) is 10.3. The van der Waals surface area contributed by atoms with Gasteiger partial charge in [-0.25, -0.2) is 0 Å². The van der Waals surface area contributed by atoms with Crippen molar-refractivity contribution in [2.24, 2.45) is 5.92 Å². The van der Waals surface area contributed by atoms with Crippen molar-refractivity contribution in [1.82, 2.24) is 10.6 Å². The molecule has 2 aliphatic carbocycles. The Hall–Kier alpha value is -1.64. The minimum Gasteiger partial charge on any atom is -0.317 e. The fourth-order valence-electron chi connectivity index (χ4n) is 4.95. The van der Waals surface area contributed by atoms with Crippen LogP contribution in [0.1, 0.15) is 49.3 Å². The molecule has 2 heteroatoms. The molecular weight excluding hydrogens is 316 g/mol. The zero-order valence-corrected chi connectivity index (χ0v) is 16.1. The minimum absolute atomic E-state index is 0.408. The van der Waals surface area contributed by atoms with E-state index in [1.807, 2.05) is 6.08 Å². The highest BCUT2D eigenvalue weighted by Gasteiger charge is 2.57. The van der Waals surface area contributed by atoms with Crippen molar-refractivity contribution in [1.29, 1.82) is 0 Å². The Balaban J connectivity index is 1.48. The van der Waals surface area contributed by atoms with Gasteiger partial charge in [0.25, 0.3) is 0 Å². The van der Waals surface area contributed by atoms with Crippen LogP contribution in [0.15, 0.2) is 49.1 Å². The topological polar surface area (TPSA) is 24.1 Å². The molecule has 0 bridgehead atoms. The highest BCUT2D eigenvalue weighted by Crippen LogP contribution is 2.57. The molecule has 2 unspecified atom stereocenters. The zero-order valence-electron chi connectivity index (χ0n) is 16.1. The zero-order chi connectivity index (χ0) is 18.0. The number of rotatable bonds is 6. The summed E-state index contributed by atoms with van der Waals surface area (Å²) in [4.78, 5) is 0. The van der Waals surface area contributed by atoms with E-state index in [1.54, 1.807) is 11.1 Å². The molecule has 2 N–H and O–H groups in total. The van der Waals surface area contributed by atoms with Gasteiger partial charge in [0.15, 0.2) is 0 Å². The van der Waals surface area contributed by atoms with Gasteiger partial charge in [-0.1, -0.05) is 49.1 Å². The van der Waals surface area contributed by atoms with Gasteiger partial charge < -0.3 is 10.6 Å². The number of allylic oxidation sites excluding steroid dienone is 5. The van der Waals surface area contributed by atoms with Crippen molar-refractivity contribution in [2.75, 3.05) is 19.6 Å². The quantitative estimate of drug-likeness (QED) is 0.746. The molecule has 138 valence electrons. The van der Waals surface area contributed by atoms with Crippen LogP contribution < -0.4 is 10.6 Å². The van der Waals surface area contributed by atoms with Crippen LogP contribution in [-0.4, -0.2) is 25.7 Å². The maximum atomic E-state index is 4.01. The molecule has 2 nitrogen and oxygen atoms in total. The van der Waals surface area contributed by atoms with Crippen LogP contribution in [0.25, 0.3) is 5.57 Å². The summed E-state index contributed by atoms with van der Waals surface area (Å²) in [7, 11) is 0. The summed E-state index contributed by atoms with van der Waals surface area (Å²) in [6, 6.07) is 7.76. The first kappa shape index (κ1) is 17.8. The number of fused-ring (bicyclic) bond motifs is 2. The number of aryl methyl sites for hydroxylation is 1. The number of hydrogen-bond donors (Lipinski definition) is 2. The van der Waals surface area contributed by atoms with Crippen LogP contribution in [0.4, 0.5) is 0 Å². The summed E-state index contributed by atoms with van der Waals surface area (Å²) in [6.45, 7) is 9.65. The lowest BCUT2D eigenvalue weighted by molar-refractivity contribution is 0.351. The van der Waals surface area contributed by atoms with Crippen molar-refractivity contribution in [3.05, 3.63) is 65.8 Å². The summed E-state index contributed by atoms with van der Waals surface area (Å²) in [5.41, 5.74) is 6.10. The van der Waals surface area contributed by atoms with E-state index in [4.69, 9.17) is 0 Å². The number of benzene rings is 1. The van der Waals surface area contributed by atoms with Gasteiger partial charge in [0.05, 0.1) is 0 Å². The molecule has 4 rings (SSSR count). The van der Waals surface area contributed by atoms with Crippen LogP contribution in [0.2, 0.25) is 0 Å². The third-order valence-electron chi connectivity index (χ3n) is 6.70. The van der Waals surface area contributed by atoms with E-state index in [1.165, 1.54) is 62.9 Å². The smallest absolute Gasteiger partial charge is 0.0174 e. The fraction of sp³-hybridized carbons (Fsp3) is 0.500. The van der Waals surface area contributed by atoms with Crippen molar-refractivity contribution in [3.8, 4) is 0 Å². The molecule has 2 fully saturated rings. The van der Waals surface area contributed by atoms with E-state index in [9.17, 15) is 0 Å². The van der Waals surface area contributed by atoms with Crippen LogP contribution in [0, 0.1) is 5.92 Å². The first-order valence-electron chi connectivity index (χ1n) is 10.3. The SMILES string of the molecule is C=C/C(=C\C=C/C)c1ccc2c(c1)C1(CC2)CC1NCC1CCNCC1. The Labute approximate surface area is 158 Å². The second-order valence-electron chi connectivity index (χ2n) is 8.24. The fourth-order valence-corrected chi connectivity index (χ4v) is 4.95. The minimum atomic E-state index is 0.408. The predicted octanol–water partition coefficient (Wildman–Crippen LogP) is 4.38. The molecule has 1 aromatic carbocycles. The third kappa shape index (κ3) is 3.33. The lowest BCUT2D eigenvalue weighted by atomic mass is 9.93. The number of nitrogens with one attached hydrogen (secondary N) is 2. The molecule has 0 aromatic heterocycles. The van der Waals surface area contributed by atoms with Crippen LogP contribution in [0.3, 0.4) is 0 Å². The van der Waals surface area contributed by atoms with E-state index in [-0.39, 0.29) is 0 Å². The molecule has 3 aliphatic rings. The molecule has 0 amide bonds. The maximum Gasteiger partial charge on any atom is 0.0174 e. The van der Waals surface area contributed by atoms with Gasteiger partial charge in [0.2, 0.25) is 0 Å². The van der Waals surface area contributed by atoms with Crippen LogP contribution in [0.5, 0.6) is 0 Å². The molecule has 1 heterocycles. The average Bonchev–Trinajstić information content (AvgIpc) is 3.28. The number of hydrogen-bond acceptors (Lipinski definition) is 2. The summed E-state index contributed by atoms with van der Waals surface area (Å²) in [5, 5.41) is 7.39. The Morgan fingerprint density at radius 3 is 2.96 bits per heavy atom. The summed E-state index contributed by atoms with van der Waals surface area (Å²) in [6.07, 6.45) is 14.8. The van der Waals surface area contributed by atoms with Gasteiger partial charge >= 0.3 is 0 Å². The predicted molar refractivity (Wildman–Crippen MR) is 111 cm³/mol. The lowest BCUT2D eigenvalue weighted by Gasteiger charge is -2.23. The Morgan fingerprint density at radius 1 is 1.35 bits per heavy atom. The normalized spacial score (nSPS) is 28.7. The molecule has 1 saturated heterocycles. The van der Waals surface area contributed by atoms with Crippen molar-refractivity contribution < 1.29 is 0 Å². The molecule has 1 aromatic rings. The van der Waals surface area contributed by atoms with E-state index >= 15 is 0 Å². The van der Waals surface area contributed by atoms with E-state index in [0.29, 0.717) is 11.5 Å². The molecule has 2 atom stereocenters. The molecule has 26 heavy (non-hydrogen) atoms. The van der Waals surface area contributed by atoms with Gasteiger partial charge in [-0.3, -0.25) is 0 Å². The standard InChI is InChI=1S/C24H32N2/c1-3-5-6-19(4-2)21-8-7-20-9-12-24(22(20)15-21)16-23(24)26-17-18-10-13-25-14-11-18/h3-8,15,18,23,25-26H,2,9-14,16-17H2,1H3/b5-3-,19-6+. The highest BCUT2D eigenvalue weighted by molar-refractivity contribution is 5.76. The molecular formula is C24H32N2. The second-order valence-corrected chi connectivity index (χ2v) is 8.24. The Bertz CT molecular complexity index is 724. The molecule has 1 aliphatic heterocycles. The largest absolute Gasteiger partial charge is 0.317 e. The van der Waals surface area contributed by atoms with Gasteiger partial charge in [-0.2, -0.15) is 0 Å². The van der Waals surface area contributed by atoms with E-state index in [0.717, 1.165) is 5.92 Å². The Morgan fingerprint density at radius 2 is 2.19 bits per heavy atom. The maximum absolute atomic E-state index is 4.01. The second kappa shape index (κ2) is 7.54. The molecule has 0 radical (unpaired) electrons. The summed E-state index contributed by atoms with van der Waals surface area (Å²) < 4.78 is 0.